The van der Waals surface area contributed by atoms with Gasteiger partial charge >= 0.3 is 0 Å². The van der Waals surface area contributed by atoms with Gasteiger partial charge in [0, 0.05) is 17.1 Å². The fraction of sp³-hybridized carbons (Fsp3) is 0.167. The average molecular weight is 370 g/mol. The molecule has 4 N–H and O–H groups in total. The highest BCUT2D eigenvalue weighted by Crippen LogP contribution is 2.25. The lowest BCUT2D eigenvalue weighted by Gasteiger charge is -2.12. The van der Waals surface area contributed by atoms with Gasteiger partial charge in [-0.05, 0) is 18.6 Å². The fourth-order valence-electron chi connectivity index (χ4n) is 2.23. The molecule has 0 fully saturated rings. The Morgan fingerprint density at radius 2 is 2.12 bits per heavy atom. The third-order valence-corrected chi connectivity index (χ3v) is 4.45. The van der Waals surface area contributed by atoms with Gasteiger partial charge in [-0.3, -0.25) is 14.9 Å². The van der Waals surface area contributed by atoms with Crippen molar-refractivity contribution in [3.8, 4) is 11.3 Å². The van der Waals surface area contributed by atoms with Crippen LogP contribution in [0.5, 0.6) is 0 Å². The molecule has 134 valence electrons. The van der Waals surface area contributed by atoms with Gasteiger partial charge in [0.1, 0.15) is 11.8 Å². The molecule has 1 unspecified atom stereocenters. The molecular formula is C18H18N4O3S. The second-order valence-electron chi connectivity index (χ2n) is 5.63. The minimum Gasteiger partial charge on any atom is -0.364 e. The molecule has 0 aliphatic rings. The van der Waals surface area contributed by atoms with Crippen LogP contribution in [0.3, 0.4) is 0 Å². The SMILES string of the molecule is CC(OCc1ccccc1)C(=O)Nc1nc(-c2c[nH]c(C(N)=O)c2)cs1. The number of benzene rings is 1. The molecule has 0 aliphatic carbocycles. The van der Waals surface area contributed by atoms with Gasteiger partial charge in [0.15, 0.2) is 5.13 Å². The van der Waals surface area contributed by atoms with E-state index in [-0.39, 0.29) is 5.91 Å². The molecule has 2 aromatic heterocycles. The molecule has 26 heavy (non-hydrogen) atoms. The van der Waals surface area contributed by atoms with Gasteiger partial charge in [0.05, 0.1) is 12.3 Å². The summed E-state index contributed by atoms with van der Waals surface area (Å²) in [5.41, 5.74) is 7.90. The van der Waals surface area contributed by atoms with E-state index in [1.54, 1.807) is 24.6 Å². The van der Waals surface area contributed by atoms with Gasteiger partial charge in [-0.15, -0.1) is 11.3 Å². The summed E-state index contributed by atoms with van der Waals surface area (Å²) >= 11 is 1.29. The van der Waals surface area contributed by atoms with E-state index in [4.69, 9.17) is 10.5 Å². The Bertz CT molecular complexity index is 904. The summed E-state index contributed by atoms with van der Waals surface area (Å²) < 4.78 is 5.59. The summed E-state index contributed by atoms with van der Waals surface area (Å²) in [6.45, 7) is 2.05. The van der Waals surface area contributed by atoms with Crippen LogP contribution in [0, 0.1) is 0 Å². The Balaban J connectivity index is 1.57. The molecule has 0 radical (unpaired) electrons. The normalized spacial score (nSPS) is 11.9. The molecule has 1 aromatic carbocycles. The summed E-state index contributed by atoms with van der Waals surface area (Å²) in [5, 5.41) is 4.99. The van der Waals surface area contributed by atoms with Crippen molar-refractivity contribution in [3.63, 3.8) is 0 Å². The van der Waals surface area contributed by atoms with Crippen molar-refractivity contribution in [1.29, 1.82) is 0 Å². The number of H-pyrrole nitrogens is 1. The molecule has 0 aliphatic heterocycles. The van der Waals surface area contributed by atoms with Crippen LogP contribution in [0.4, 0.5) is 5.13 Å². The van der Waals surface area contributed by atoms with E-state index in [2.05, 4.69) is 15.3 Å². The molecule has 8 heteroatoms. The highest BCUT2D eigenvalue weighted by molar-refractivity contribution is 7.14. The van der Waals surface area contributed by atoms with Crippen molar-refractivity contribution in [3.05, 3.63) is 59.2 Å². The van der Waals surface area contributed by atoms with Crippen molar-refractivity contribution in [2.75, 3.05) is 5.32 Å². The molecule has 3 rings (SSSR count). The molecule has 2 heterocycles. The van der Waals surface area contributed by atoms with Gasteiger partial charge in [-0.25, -0.2) is 4.98 Å². The third-order valence-electron chi connectivity index (χ3n) is 3.69. The van der Waals surface area contributed by atoms with E-state index < -0.39 is 12.0 Å². The number of nitrogens with two attached hydrogens (primary N) is 1. The molecular weight excluding hydrogens is 352 g/mol. The number of thiazole rings is 1. The van der Waals surface area contributed by atoms with E-state index >= 15 is 0 Å². The number of rotatable bonds is 7. The molecule has 1 atom stereocenters. The Morgan fingerprint density at radius 3 is 2.81 bits per heavy atom. The van der Waals surface area contributed by atoms with Crippen LogP contribution in [-0.4, -0.2) is 27.9 Å². The summed E-state index contributed by atoms with van der Waals surface area (Å²) in [6.07, 6.45) is 1.03. The van der Waals surface area contributed by atoms with Gasteiger partial charge < -0.3 is 15.5 Å². The maximum absolute atomic E-state index is 12.2. The predicted molar refractivity (Wildman–Crippen MR) is 99.7 cm³/mol. The largest absolute Gasteiger partial charge is 0.364 e. The van der Waals surface area contributed by atoms with Crippen molar-refractivity contribution in [1.82, 2.24) is 9.97 Å². The lowest BCUT2D eigenvalue weighted by molar-refractivity contribution is -0.127. The lowest BCUT2D eigenvalue weighted by Crippen LogP contribution is -2.27. The summed E-state index contributed by atoms with van der Waals surface area (Å²) in [6, 6.07) is 11.3. The highest BCUT2D eigenvalue weighted by atomic mass is 32.1. The first-order chi connectivity index (χ1) is 12.5. The first-order valence-corrected chi connectivity index (χ1v) is 8.81. The fourth-order valence-corrected chi connectivity index (χ4v) is 2.95. The average Bonchev–Trinajstić information content (AvgIpc) is 3.29. The lowest BCUT2D eigenvalue weighted by atomic mass is 10.2. The third kappa shape index (κ3) is 4.35. The standard InChI is InChI=1S/C18H18N4O3S/c1-11(25-9-12-5-3-2-4-6-12)17(24)22-18-21-15(10-26-18)13-7-14(16(19)23)20-8-13/h2-8,10-11,20H,9H2,1H3,(H2,19,23)(H,21,22,24). The molecule has 2 amide bonds. The van der Waals surface area contributed by atoms with E-state index in [0.717, 1.165) is 11.1 Å². The van der Waals surface area contributed by atoms with Crippen LogP contribution in [0.15, 0.2) is 48.0 Å². The number of carbonyl (C=O) groups is 2. The Morgan fingerprint density at radius 1 is 1.35 bits per heavy atom. The highest BCUT2D eigenvalue weighted by Gasteiger charge is 2.16. The van der Waals surface area contributed by atoms with Gasteiger partial charge in [-0.1, -0.05) is 30.3 Å². The number of nitrogens with one attached hydrogen (secondary N) is 2. The molecule has 7 nitrogen and oxygen atoms in total. The van der Waals surface area contributed by atoms with Crippen LogP contribution in [-0.2, 0) is 16.1 Å². The van der Waals surface area contributed by atoms with Crippen molar-refractivity contribution in [2.24, 2.45) is 5.73 Å². The monoisotopic (exact) mass is 370 g/mol. The number of nitrogens with zero attached hydrogens (tertiary/aromatic N) is 1. The van der Waals surface area contributed by atoms with Gasteiger partial charge in [0.25, 0.3) is 11.8 Å². The minimum atomic E-state index is -0.615. The Kier molecular flexibility index (Phi) is 5.45. The van der Waals surface area contributed by atoms with E-state index in [9.17, 15) is 9.59 Å². The smallest absolute Gasteiger partial charge is 0.265 e. The zero-order valence-electron chi connectivity index (χ0n) is 14.1. The first-order valence-electron chi connectivity index (χ1n) is 7.93. The van der Waals surface area contributed by atoms with Crippen LogP contribution in [0.25, 0.3) is 11.3 Å². The van der Waals surface area contributed by atoms with Gasteiger partial charge in [-0.2, -0.15) is 0 Å². The number of anilines is 1. The van der Waals surface area contributed by atoms with E-state index in [0.29, 0.717) is 23.1 Å². The number of hydrogen-bond donors (Lipinski definition) is 3. The maximum Gasteiger partial charge on any atom is 0.265 e. The van der Waals surface area contributed by atoms with Crippen LogP contribution >= 0.6 is 11.3 Å². The van der Waals surface area contributed by atoms with Crippen LogP contribution < -0.4 is 11.1 Å². The van der Waals surface area contributed by atoms with Crippen molar-refractivity contribution >= 4 is 28.3 Å². The predicted octanol–water partition coefficient (Wildman–Crippen LogP) is 2.78. The number of aromatic amines is 1. The molecule has 3 aromatic rings. The zero-order chi connectivity index (χ0) is 18.5. The Hall–Kier alpha value is -2.97. The summed E-state index contributed by atoms with van der Waals surface area (Å²) in [5.74, 6) is -0.807. The van der Waals surface area contributed by atoms with Crippen LogP contribution in [0.2, 0.25) is 0 Å². The van der Waals surface area contributed by atoms with Crippen LogP contribution in [0.1, 0.15) is 23.0 Å². The first kappa shape index (κ1) is 17.8. The molecule has 0 spiro atoms. The number of amides is 2. The number of hydrogen-bond acceptors (Lipinski definition) is 5. The maximum atomic E-state index is 12.2. The molecule has 0 bridgehead atoms. The number of primary amides is 1. The summed E-state index contributed by atoms with van der Waals surface area (Å²) in [4.78, 5) is 30.5. The van der Waals surface area contributed by atoms with E-state index in [1.807, 2.05) is 30.3 Å². The zero-order valence-corrected chi connectivity index (χ0v) is 14.9. The molecule has 0 saturated heterocycles. The summed E-state index contributed by atoms with van der Waals surface area (Å²) in [7, 11) is 0. The Labute approximate surface area is 154 Å². The second kappa shape index (κ2) is 7.94. The number of ether oxygens (including phenoxy) is 1. The number of aromatic nitrogens is 2. The quantitative estimate of drug-likeness (QED) is 0.594. The van der Waals surface area contributed by atoms with Crippen molar-refractivity contribution < 1.29 is 14.3 Å². The van der Waals surface area contributed by atoms with Gasteiger partial charge in [0.2, 0.25) is 0 Å². The number of carbonyl (C=O) groups excluding carboxylic acids is 2. The minimum absolute atomic E-state index is 0.270. The topological polar surface area (TPSA) is 110 Å². The second-order valence-corrected chi connectivity index (χ2v) is 6.49. The molecule has 0 saturated carbocycles. The van der Waals surface area contributed by atoms with Crippen molar-refractivity contribution in [2.45, 2.75) is 19.6 Å². The van der Waals surface area contributed by atoms with E-state index in [1.165, 1.54) is 11.3 Å².